The zero-order valence-electron chi connectivity index (χ0n) is 1.80. The lowest BCUT2D eigenvalue weighted by Crippen LogP contribution is -1.60. The Morgan fingerprint density at radius 3 is 1.20 bits per heavy atom. The summed E-state index contributed by atoms with van der Waals surface area (Å²) in [6.07, 6.45) is 0. The number of hydrogen-bond acceptors (Lipinski definition) is 3. The summed E-state index contributed by atoms with van der Waals surface area (Å²) in [6, 6.07) is 0. The van der Waals surface area contributed by atoms with Crippen LogP contribution in [0.1, 0.15) is 7.43 Å². The van der Waals surface area contributed by atoms with E-state index >= 15 is 0 Å². The second-order valence-electron chi connectivity index (χ2n) is 0.0816. The van der Waals surface area contributed by atoms with Crippen molar-refractivity contribution in [1.82, 2.24) is 0 Å². The predicted octanol–water partition coefficient (Wildman–Crippen LogP) is 0.204. The average Bonchev–Trinajstić information content (AvgIpc) is 0.918. The third-order valence-electron chi connectivity index (χ3n) is 0. The molecule has 0 saturated carbocycles. The molecule has 0 aromatic heterocycles. The lowest BCUT2D eigenvalue weighted by molar-refractivity contribution is -0.465. The Bertz CT molecular complexity index is 6.85. The van der Waals surface area contributed by atoms with E-state index in [1.807, 2.05) is 0 Å². The van der Waals surface area contributed by atoms with E-state index in [0.29, 0.717) is 0 Å². The first-order valence-corrected chi connectivity index (χ1v) is 0.365. The van der Waals surface area contributed by atoms with Crippen LogP contribution < -0.4 is 0 Å². The lowest BCUT2D eigenvalue weighted by atomic mass is 12.0. The molecule has 32 valence electrons. The lowest BCUT2D eigenvalue weighted by Gasteiger charge is -1.56. The van der Waals surface area contributed by atoms with Crippen LogP contribution in [0.3, 0.4) is 0 Å². The van der Waals surface area contributed by atoms with Crippen LogP contribution in [0.15, 0.2) is 0 Å². The highest BCUT2D eigenvalue weighted by Crippen LogP contribution is 1.24. The Balaban J connectivity index is -0.0000000200. The molecule has 0 amide bonds. The van der Waals surface area contributed by atoms with E-state index < -0.39 is 0 Å². The zero-order chi connectivity index (χ0) is 2.71. The fourth-order valence-corrected chi connectivity index (χ4v) is 0. The molecule has 5 heavy (non-hydrogen) atoms. The minimum Gasteiger partial charge on any atom is -0.221 e. The van der Waals surface area contributed by atoms with Crippen LogP contribution in [0.2, 0.25) is 0 Å². The highest BCUT2D eigenvalue weighted by atomic mass is 28.1. The maximum atomic E-state index is 6.62. The van der Waals surface area contributed by atoms with Gasteiger partial charge in [0.15, 0.2) is 0 Å². The summed E-state index contributed by atoms with van der Waals surface area (Å²) in [5.74, 6) is 0. The highest BCUT2D eigenvalue weighted by molar-refractivity contribution is 5.75. The molecule has 0 unspecified atom stereocenters. The monoisotopic (exact) mass is 94.0 g/mol. The maximum Gasteiger partial charge on any atom is 0 e. The van der Waals surface area contributed by atoms with Crippen LogP contribution in [0.25, 0.3) is 0 Å². The third-order valence-corrected chi connectivity index (χ3v) is 0. The molecule has 0 aromatic carbocycles. The molecule has 0 aromatic rings. The summed E-state index contributed by atoms with van der Waals surface area (Å²) in [5, 5.41) is 15.5. The SMILES string of the molecule is C.OOO.[Si]. The standard InChI is InChI=1S/CH4.H2O3.Si/c;1-3-2;/h1H4;1-2H;. The van der Waals surface area contributed by atoms with E-state index in [2.05, 4.69) is 5.04 Å². The van der Waals surface area contributed by atoms with E-state index in [4.69, 9.17) is 10.5 Å². The third kappa shape index (κ3) is 1920. The maximum absolute atomic E-state index is 6.62. The van der Waals surface area contributed by atoms with Crippen molar-refractivity contribution in [2.24, 2.45) is 0 Å². The Labute approximate surface area is 35.1 Å². The van der Waals surface area contributed by atoms with Gasteiger partial charge in [0.05, 0.1) is 0 Å². The normalized spacial score (nSPS) is 3.60. The van der Waals surface area contributed by atoms with Gasteiger partial charge >= 0.3 is 0 Å². The summed E-state index contributed by atoms with van der Waals surface area (Å²) < 4.78 is 0. The molecule has 0 rings (SSSR count). The first kappa shape index (κ1) is 19.5. The number of hydrogen-bond donors (Lipinski definition) is 2. The van der Waals surface area contributed by atoms with Crippen molar-refractivity contribution in [3.05, 3.63) is 0 Å². The largest absolute Gasteiger partial charge is 0.221 e. The van der Waals surface area contributed by atoms with Crippen LogP contribution in [0, 0.1) is 0 Å². The average molecular weight is 94.1 g/mol. The fourth-order valence-electron chi connectivity index (χ4n) is 0. The molecule has 0 bridgehead atoms. The zero-order valence-corrected chi connectivity index (χ0v) is 2.80. The second kappa shape index (κ2) is 32.7. The molecule has 2 N–H and O–H groups in total. The van der Waals surface area contributed by atoms with Gasteiger partial charge < -0.3 is 0 Å². The topological polar surface area (TPSA) is 49.7 Å². The van der Waals surface area contributed by atoms with Crippen molar-refractivity contribution in [2.75, 3.05) is 0 Å². The van der Waals surface area contributed by atoms with Gasteiger partial charge in [0, 0.05) is 11.0 Å². The highest BCUT2D eigenvalue weighted by Gasteiger charge is 1.27. The summed E-state index contributed by atoms with van der Waals surface area (Å²) in [4.78, 5) is 0. The van der Waals surface area contributed by atoms with Gasteiger partial charge in [-0.25, -0.2) is 10.5 Å². The summed E-state index contributed by atoms with van der Waals surface area (Å²) in [7, 11) is 0. The molecule has 3 nitrogen and oxygen atoms in total. The Morgan fingerprint density at radius 1 is 1.20 bits per heavy atom. The predicted molar refractivity (Wildman–Crippen MR) is 18.8 cm³/mol. The van der Waals surface area contributed by atoms with Gasteiger partial charge in [-0.15, -0.1) is 0 Å². The van der Waals surface area contributed by atoms with Crippen LogP contribution >= 0.6 is 0 Å². The molecular weight excluding hydrogens is 88.1 g/mol. The van der Waals surface area contributed by atoms with E-state index in [1.54, 1.807) is 0 Å². The second-order valence-corrected chi connectivity index (χ2v) is 0.0816. The van der Waals surface area contributed by atoms with Crippen LogP contribution in [0.5, 0.6) is 0 Å². The molecule has 4 heteroatoms. The van der Waals surface area contributed by atoms with Crippen molar-refractivity contribution in [2.45, 2.75) is 7.43 Å². The van der Waals surface area contributed by atoms with E-state index in [0.717, 1.165) is 0 Å². The van der Waals surface area contributed by atoms with E-state index in [9.17, 15) is 0 Å². The minimum atomic E-state index is 0. The molecule has 0 fully saturated rings. The molecule has 0 atom stereocenters. The van der Waals surface area contributed by atoms with Gasteiger partial charge in [-0.2, -0.15) is 0 Å². The van der Waals surface area contributed by atoms with Crippen molar-refractivity contribution in [3.8, 4) is 0 Å². The first-order chi connectivity index (χ1) is 1.41. The van der Waals surface area contributed by atoms with Crippen LogP contribution in [0.4, 0.5) is 0 Å². The van der Waals surface area contributed by atoms with Crippen molar-refractivity contribution < 1.29 is 15.6 Å². The van der Waals surface area contributed by atoms with Gasteiger partial charge in [0.2, 0.25) is 0 Å². The van der Waals surface area contributed by atoms with Crippen LogP contribution in [-0.2, 0) is 5.04 Å². The van der Waals surface area contributed by atoms with E-state index in [1.165, 1.54) is 0 Å². The Kier molecular flexibility index (Phi) is 127. The molecule has 0 heterocycles. The molecule has 4 radical (unpaired) electrons. The molecule has 0 aliphatic rings. The fraction of sp³-hybridized carbons (Fsp3) is 1.00. The quantitative estimate of drug-likeness (QED) is 0.256. The van der Waals surface area contributed by atoms with Gasteiger partial charge in [-0.1, -0.05) is 12.5 Å². The van der Waals surface area contributed by atoms with Crippen LogP contribution in [-0.4, -0.2) is 21.5 Å². The Morgan fingerprint density at radius 2 is 1.20 bits per heavy atom. The smallest absolute Gasteiger partial charge is 0 e. The first-order valence-electron chi connectivity index (χ1n) is 0.365. The van der Waals surface area contributed by atoms with Gasteiger partial charge in [-0.3, -0.25) is 0 Å². The molecule has 0 aliphatic carbocycles. The molecule has 0 aliphatic heterocycles. The van der Waals surface area contributed by atoms with Crippen molar-refractivity contribution >= 4 is 11.0 Å². The van der Waals surface area contributed by atoms with Gasteiger partial charge in [-0.05, 0) is 0 Å². The van der Waals surface area contributed by atoms with Crippen molar-refractivity contribution in [1.29, 1.82) is 0 Å². The molecule has 0 saturated heterocycles. The summed E-state index contributed by atoms with van der Waals surface area (Å²) >= 11 is 0. The van der Waals surface area contributed by atoms with Gasteiger partial charge in [0.1, 0.15) is 0 Å². The van der Waals surface area contributed by atoms with Gasteiger partial charge in [0.25, 0.3) is 0 Å². The van der Waals surface area contributed by atoms with Crippen molar-refractivity contribution in [3.63, 3.8) is 0 Å². The number of rotatable bonds is 0. The summed E-state index contributed by atoms with van der Waals surface area (Å²) in [5.41, 5.74) is 0. The summed E-state index contributed by atoms with van der Waals surface area (Å²) in [6.45, 7) is 0. The molecule has 0 spiro atoms. The molecular formula is CH6O3Si. The van der Waals surface area contributed by atoms with E-state index in [-0.39, 0.29) is 18.4 Å². The Hall–Kier alpha value is 0.0969. The minimum absolute atomic E-state index is 0.